The number of rotatable bonds is 10. The molecular weight excluding hydrogens is 515 g/mol. The average molecular weight is 547 g/mol. The maximum atomic E-state index is 13.9. The van der Waals surface area contributed by atoms with E-state index in [0.717, 1.165) is 0 Å². The molecule has 37 heavy (non-hydrogen) atoms. The lowest BCUT2D eigenvalue weighted by Crippen LogP contribution is -2.52. The lowest BCUT2D eigenvalue weighted by molar-refractivity contribution is -0.130. The first-order valence-electron chi connectivity index (χ1n) is 12.5. The number of ether oxygens (including phenoxy) is 2. The van der Waals surface area contributed by atoms with Crippen LogP contribution in [0.3, 0.4) is 0 Å². The Balaban J connectivity index is 1.68. The lowest BCUT2D eigenvalue weighted by atomic mass is 9.83. The minimum absolute atomic E-state index is 0.0615. The fourth-order valence-electron chi connectivity index (χ4n) is 4.76. The molecule has 0 spiro atoms. The van der Waals surface area contributed by atoms with E-state index >= 15 is 0 Å². The van der Waals surface area contributed by atoms with Crippen molar-refractivity contribution in [3.63, 3.8) is 0 Å². The number of carbonyl (C=O) groups is 1. The molecule has 0 unspecified atom stereocenters. The maximum absolute atomic E-state index is 13.9. The molecule has 0 bridgehead atoms. The number of aliphatic imine (C=N–C) groups is 1. The third-order valence-electron chi connectivity index (χ3n) is 6.76. The van der Waals surface area contributed by atoms with Crippen LogP contribution in [0.25, 0.3) is 0 Å². The molecule has 1 aliphatic heterocycles. The number of hydrogen-bond acceptors (Lipinski definition) is 6. The third kappa shape index (κ3) is 6.29. The zero-order valence-electron chi connectivity index (χ0n) is 20.5. The third-order valence-corrected chi connectivity index (χ3v) is 7.32. The Bertz CT molecular complexity index is 1130. The molecular formula is C28H32Cl2N2O5. The summed E-state index contributed by atoms with van der Waals surface area (Å²) >= 11 is 12.7. The van der Waals surface area contributed by atoms with Crippen LogP contribution in [0.15, 0.2) is 60.1 Å². The van der Waals surface area contributed by atoms with Crippen LogP contribution < -0.4 is 10.1 Å². The summed E-state index contributed by atoms with van der Waals surface area (Å²) in [6.45, 7) is 4.36. The van der Waals surface area contributed by atoms with E-state index in [0.29, 0.717) is 71.5 Å². The number of amides is 1. The molecule has 1 heterocycles. The number of hydrogen-bond donors (Lipinski definition) is 3. The Labute approximate surface area is 227 Å². The van der Waals surface area contributed by atoms with Crippen molar-refractivity contribution in [2.75, 3.05) is 13.2 Å². The van der Waals surface area contributed by atoms with Crippen LogP contribution in [0.2, 0.25) is 10.0 Å². The van der Waals surface area contributed by atoms with E-state index in [1.165, 1.54) is 0 Å². The zero-order chi connectivity index (χ0) is 26.4. The highest BCUT2D eigenvalue weighted by Crippen LogP contribution is 2.45. The van der Waals surface area contributed by atoms with Gasteiger partial charge >= 0.3 is 0 Å². The van der Waals surface area contributed by atoms with Crippen LogP contribution in [0, 0.1) is 0 Å². The number of aliphatic hydroxyl groups excluding tert-OH is 2. The van der Waals surface area contributed by atoms with Gasteiger partial charge < -0.3 is 25.0 Å². The van der Waals surface area contributed by atoms with Gasteiger partial charge in [0.25, 0.3) is 5.91 Å². The van der Waals surface area contributed by atoms with Crippen LogP contribution in [-0.2, 0) is 9.53 Å². The van der Waals surface area contributed by atoms with Crippen molar-refractivity contribution in [3.8, 4) is 5.75 Å². The van der Waals surface area contributed by atoms with Gasteiger partial charge in [-0.1, -0.05) is 35.3 Å². The first-order chi connectivity index (χ1) is 17.9. The van der Waals surface area contributed by atoms with E-state index < -0.39 is 11.6 Å². The normalized spacial score (nSPS) is 25.2. The van der Waals surface area contributed by atoms with Crippen LogP contribution in [-0.4, -0.2) is 52.9 Å². The topological polar surface area (TPSA) is 100 Å². The van der Waals surface area contributed by atoms with Crippen molar-refractivity contribution in [3.05, 3.63) is 76.3 Å². The molecule has 1 fully saturated rings. The summed E-state index contributed by atoms with van der Waals surface area (Å²) in [4.78, 5) is 18.8. The maximum Gasteiger partial charge on any atom is 0.252 e. The predicted molar refractivity (Wildman–Crippen MR) is 144 cm³/mol. The largest absolute Gasteiger partial charge is 0.494 e. The van der Waals surface area contributed by atoms with Gasteiger partial charge in [0.05, 0.1) is 12.7 Å². The minimum Gasteiger partial charge on any atom is -0.494 e. The second kappa shape index (κ2) is 12.3. The summed E-state index contributed by atoms with van der Waals surface area (Å²) in [5.41, 5.74) is -0.0464. The second-order valence-corrected chi connectivity index (χ2v) is 10.3. The van der Waals surface area contributed by atoms with Crippen LogP contribution >= 0.6 is 23.2 Å². The van der Waals surface area contributed by atoms with Gasteiger partial charge in [-0.25, -0.2) is 4.99 Å². The zero-order valence-corrected chi connectivity index (χ0v) is 22.0. The molecule has 2 aromatic rings. The van der Waals surface area contributed by atoms with E-state index in [9.17, 15) is 9.90 Å². The number of nitrogens with one attached hydrogen (secondary N) is 1. The number of aliphatic hydroxyl groups is 2. The number of nitrogens with zero attached hydrogens (tertiary/aromatic N) is 1. The van der Waals surface area contributed by atoms with Gasteiger partial charge in [-0.2, -0.15) is 0 Å². The number of halogens is 2. The molecule has 3 N–H and O–H groups in total. The fraction of sp³-hybridized carbons (Fsp3) is 0.429. The standard InChI is InChI=1S/C28H32Cl2N2O5/c1-2-14-28(27(35)31-20-7-9-21(34)10-8-20)25(23-13-6-19(29)17-24(23)30)37-26(32-28)18-4-11-22(12-5-18)36-16-3-15-33/h2,4-6,11-13,17,20-21,25,33-34H,1,3,7-10,14-16H2,(H,31,35)/t20?,21?,25-,28-/m1/s1. The lowest BCUT2D eigenvalue weighted by Gasteiger charge is -2.33. The van der Waals surface area contributed by atoms with Gasteiger partial charge in [0, 0.05) is 46.7 Å². The van der Waals surface area contributed by atoms with E-state index in [4.69, 9.17) is 42.8 Å². The smallest absolute Gasteiger partial charge is 0.252 e. The molecule has 198 valence electrons. The molecule has 2 atom stereocenters. The van der Waals surface area contributed by atoms with Crippen LogP contribution in [0.4, 0.5) is 0 Å². The highest BCUT2D eigenvalue weighted by Gasteiger charge is 2.53. The van der Waals surface area contributed by atoms with Gasteiger partial charge in [0.1, 0.15) is 5.75 Å². The molecule has 9 heteroatoms. The molecule has 1 aliphatic carbocycles. The van der Waals surface area contributed by atoms with Gasteiger partial charge in [0.2, 0.25) is 5.90 Å². The second-order valence-electron chi connectivity index (χ2n) is 9.43. The summed E-state index contributed by atoms with van der Waals surface area (Å²) < 4.78 is 12.0. The molecule has 4 rings (SSSR count). The van der Waals surface area contributed by atoms with Crippen molar-refractivity contribution in [1.29, 1.82) is 0 Å². The monoisotopic (exact) mass is 546 g/mol. The molecule has 0 radical (unpaired) electrons. The Morgan fingerprint density at radius 2 is 1.92 bits per heavy atom. The van der Waals surface area contributed by atoms with E-state index in [1.807, 2.05) is 12.1 Å². The fourth-order valence-corrected chi connectivity index (χ4v) is 5.26. The predicted octanol–water partition coefficient (Wildman–Crippen LogP) is 5.01. The first-order valence-corrected chi connectivity index (χ1v) is 13.3. The SMILES string of the molecule is C=CC[C@@]1(C(=O)NC2CCC(O)CC2)N=C(c2ccc(OCCCO)cc2)O[C@@H]1c1ccc(Cl)cc1Cl. The van der Waals surface area contributed by atoms with E-state index in [-0.39, 0.29) is 31.1 Å². The Hall–Kier alpha value is -2.58. The molecule has 0 aromatic heterocycles. The minimum atomic E-state index is -1.33. The van der Waals surface area contributed by atoms with Crippen molar-refractivity contribution in [2.45, 2.75) is 62.3 Å². The Morgan fingerprint density at radius 1 is 1.19 bits per heavy atom. The van der Waals surface area contributed by atoms with Gasteiger partial charge in [-0.15, -0.1) is 6.58 Å². The molecule has 7 nitrogen and oxygen atoms in total. The summed E-state index contributed by atoms with van der Waals surface area (Å²) in [7, 11) is 0. The van der Waals surface area contributed by atoms with Crippen LogP contribution in [0.5, 0.6) is 5.75 Å². The first kappa shape index (κ1) is 27.5. The summed E-state index contributed by atoms with van der Waals surface area (Å²) in [6, 6.07) is 12.3. The van der Waals surface area contributed by atoms with E-state index in [2.05, 4.69) is 11.9 Å². The van der Waals surface area contributed by atoms with Gasteiger partial charge in [-0.05, 0) is 62.1 Å². The van der Waals surface area contributed by atoms with Crippen molar-refractivity contribution < 1.29 is 24.5 Å². The molecule has 2 aliphatic rings. The van der Waals surface area contributed by atoms with Crippen LogP contribution in [0.1, 0.15) is 55.8 Å². The quantitative estimate of drug-likeness (QED) is 0.287. The number of benzene rings is 2. The highest BCUT2D eigenvalue weighted by atomic mass is 35.5. The highest BCUT2D eigenvalue weighted by molar-refractivity contribution is 6.35. The number of carbonyl (C=O) groups excluding carboxylic acids is 1. The van der Waals surface area contributed by atoms with Crippen molar-refractivity contribution in [1.82, 2.24) is 5.32 Å². The van der Waals surface area contributed by atoms with Gasteiger partial charge in [0.15, 0.2) is 11.6 Å². The van der Waals surface area contributed by atoms with Gasteiger partial charge in [-0.3, -0.25) is 4.79 Å². The molecule has 2 aromatic carbocycles. The summed E-state index contributed by atoms with van der Waals surface area (Å²) in [6.07, 6.45) is 3.97. The average Bonchev–Trinajstić information content (AvgIpc) is 3.26. The van der Waals surface area contributed by atoms with E-state index in [1.54, 1.807) is 36.4 Å². The molecule has 0 saturated heterocycles. The summed E-state index contributed by atoms with van der Waals surface area (Å²) in [5.74, 6) is 0.695. The molecule has 1 amide bonds. The van der Waals surface area contributed by atoms with Crippen molar-refractivity contribution >= 4 is 35.0 Å². The molecule has 1 saturated carbocycles. The Kier molecular flexibility index (Phi) is 9.13. The summed E-state index contributed by atoms with van der Waals surface area (Å²) in [5, 5.41) is 22.8. The Morgan fingerprint density at radius 3 is 2.57 bits per heavy atom. The van der Waals surface area contributed by atoms with Crippen molar-refractivity contribution in [2.24, 2.45) is 4.99 Å².